The zero-order valence-electron chi connectivity index (χ0n) is 14.5. The van der Waals surface area contributed by atoms with Gasteiger partial charge in [-0.05, 0) is 25.0 Å². The molecule has 1 aliphatic carbocycles. The Hall–Kier alpha value is -1.80. The first-order valence-electron chi connectivity index (χ1n) is 8.74. The van der Waals surface area contributed by atoms with Crippen LogP contribution < -0.4 is 0 Å². The van der Waals surface area contributed by atoms with Crippen LogP contribution in [0.3, 0.4) is 0 Å². The number of H-pyrrole nitrogens is 1. The number of fused-ring (bicyclic) bond motifs is 1. The maximum absolute atomic E-state index is 12.5. The lowest BCUT2D eigenvalue weighted by Gasteiger charge is -2.08. The molecule has 0 amide bonds. The number of benzene rings is 1. The molecule has 0 atom stereocenters. The minimum absolute atomic E-state index is 0.0582. The number of rotatable bonds is 6. The number of thiophene rings is 1. The van der Waals surface area contributed by atoms with Crippen LogP contribution in [0, 0.1) is 0 Å². The summed E-state index contributed by atoms with van der Waals surface area (Å²) in [5.41, 5.74) is 2.57. The average molecular weight is 449 g/mol. The lowest BCUT2D eigenvalue weighted by atomic mass is 10.1. The summed E-state index contributed by atoms with van der Waals surface area (Å²) >= 11 is 14.7. The van der Waals surface area contributed by atoms with Crippen LogP contribution in [-0.4, -0.2) is 31.3 Å². The average Bonchev–Trinajstić information content (AvgIpc) is 3.15. The predicted octanol–water partition coefficient (Wildman–Crippen LogP) is 6.10. The SMILES string of the molecule is O=C(CSc1nnc(-c2c[nH]c3ccccc23)n1C1CC1)c1cc(Cl)sc1Cl. The molecule has 0 spiro atoms. The van der Waals surface area contributed by atoms with Gasteiger partial charge in [-0.15, -0.1) is 21.5 Å². The Morgan fingerprint density at radius 3 is 2.86 bits per heavy atom. The standard InChI is InChI=1S/C19H14Cl2N4OS2/c20-16-7-12(17(21)28-16)15(26)9-27-19-24-23-18(25(19)10-5-6-10)13-8-22-14-4-2-1-3-11(13)14/h1-4,7-8,10,22H,5-6,9H2. The highest BCUT2D eigenvalue weighted by atomic mass is 35.5. The molecule has 4 aromatic rings. The van der Waals surface area contributed by atoms with E-state index in [-0.39, 0.29) is 11.5 Å². The van der Waals surface area contributed by atoms with Gasteiger partial charge >= 0.3 is 0 Å². The van der Waals surface area contributed by atoms with Crippen LogP contribution in [0.25, 0.3) is 22.3 Å². The Morgan fingerprint density at radius 1 is 1.29 bits per heavy atom. The molecule has 0 unspecified atom stereocenters. The second-order valence-electron chi connectivity index (χ2n) is 6.61. The first-order chi connectivity index (χ1) is 13.6. The molecule has 142 valence electrons. The molecule has 1 saturated carbocycles. The van der Waals surface area contributed by atoms with Crippen molar-refractivity contribution in [1.29, 1.82) is 0 Å². The number of halogens is 2. The van der Waals surface area contributed by atoms with E-state index < -0.39 is 0 Å². The first-order valence-corrected chi connectivity index (χ1v) is 11.3. The number of carbonyl (C=O) groups excluding carboxylic acids is 1. The Labute approximate surface area is 179 Å². The highest BCUT2D eigenvalue weighted by Gasteiger charge is 2.31. The highest BCUT2D eigenvalue weighted by molar-refractivity contribution is 7.99. The van der Waals surface area contributed by atoms with Crippen LogP contribution in [-0.2, 0) is 0 Å². The van der Waals surface area contributed by atoms with Crippen molar-refractivity contribution in [3.63, 3.8) is 0 Å². The molecule has 28 heavy (non-hydrogen) atoms. The van der Waals surface area contributed by atoms with Crippen molar-refractivity contribution in [2.45, 2.75) is 24.0 Å². The van der Waals surface area contributed by atoms with Gasteiger partial charge in [0.15, 0.2) is 16.8 Å². The number of aromatic nitrogens is 4. The summed E-state index contributed by atoms with van der Waals surface area (Å²) in [5.74, 6) is 1.02. The van der Waals surface area contributed by atoms with Crippen molar-refractivity contribution in [1.82, 2.24) is 19.7 Å². The minimum atomic E-state index is -0.0582. The third-order valence-corrected chi connectivity index (χ3v) is 7.13. The van der Waals surface area contributed by atoms with Gasteiger partial charge in [-0.3, -0.25) is 9.36 Å². The Morgan fingerprint density at radius 2 is 2.11 bits per heavy atom. The Kier molecular flexibility index (Phi) is 4.71. The molecular formula is C19H14Cl2N4OS2. The van der Waals surface area contributed by atoms with E-state index in [0.29, 0.717) is 20.3 Å². The quantitative estimate of drug-likeness (QED) is 0.285. The van der Waals surface area contributed by atoms with Crippen LogP contribution >= 0.6 is 46.3 Å². The number of carbonyl (C=O) groups is 1. The zero-order valence-corrected chi connectivity index (χ0v) is 17.6. The molecule has 1 aromatic carbocycles. The van der Waals surface area contributed by atoms with E-state index in [1.165, 1.54) is 23.1 Å². The predicted molar refractivity (Wildman–Crippen MR) is 115 cm³/mol. The van der Waals surface area contributed by atoms with Gasteiger partial charge in [-0.25, -0.2) is 0 Å². The number of hydrogen-bond donors (Lipinski definition) is 1. The summed E-state index contributed by atoms with van der Waals surface area (Å²) in [4.78, 5) is 15.8. The van der Waals surface area contributed by atoms with E-state index in [0.717, 1.165) is 40.3 Å². The van der Waals surface area contributed by atoms with Gasteiger partial charge in [0.1, 0.15) is 4.34 Å². The summed E-state index contributed by atoms with van der Waals surface area (Å²) in [6, 6.07) is 10.1. The van der Waals surface area contributed by atoms with Crippen molar-refractivity contribution in [3.8, 4) is 11.4 Å². The lowest BCUT2D eigenvalue weighted by Crippen LogP contribution is -2.04. The third kappa shape index (κ3) is 3.26. The highest BCUT2D eigenvalue weighted by Crippen LogP contribution is 2.42. The van der Waals surface area contributed by atoms with Crippen molar-refractivity contribution in [2.24, 2.45) is 0 Å². The van der Waals surface area contributed by atoms with Crippen LogP contribution in [0.5, 0.6) is 0 Å². The molecule has 9 heteroatoms. The van der Waals surface area contributed by atoms with Crippen molar-refractivity contribution >= 4 is 63.0 Å². The van der Waals surface area contributed by atoms with Crippen LogP contribution in [0.15, 0.2) is 41.7 Å². The van der Waals surface area contributed by atoms with E-state index in [1.807, 2.05) is 24.4 Å². The number of thioether (sulfide) groups is 1. The van der Waals surface area contributed by atoms with Gasteiger partial charge in [-0.1, -0.05) is 53.2 Å². The number of aromatic amines is 1. The number of para-hydroxylation sites is 1. The van der Waals surface area contributed by atoms with Crippen LogP contribution in [0.4, 0.5) is 0 Å². The van der Waals surface area contributed by atoms with E-state index in [2.05, 4.69) is 25.8 Å². The zero-order chi connectivity index (χ0) is 19.3. The summed E-state index contributed by atoms with van der Waals surface area (Å²) in [5, 5.41) is 10.7. The van der Waals surface area contributed by atoms with Gasteiger partial charge in [0.2, 0.25) is 0 Å². The van der Waals surface area contributed by atoms with Gasteiger partial charge in [-0.2, -0.15) is 0 Å². The number of hydrogen-bond acceptors (Lipinski definition) is 5. The van der Waals surface area contributed by atoms with Gasteiger partial charge in [0, 0.05) is 34.3 Å². The molecule has 1 aliphatic rings. The molecule has 5 nitrogen and oxygen atoms in total. The Bertz CT molecular complexity index is 1190. The molecule has 5 rings (SSSR count). The molecular weight excluding hydrogens is 435 g/mol. The van der Waals surface area contributed by atoms with E-state index in [4.69, 9.17) is 23.2 Å². The van der Waals surface area contributed by atoms with Crippen molar-refractivity contribution in [3.05, 3.63) is 50.8 Å². The van der Waals surface area contributed by atoms with Crippen molar-refractivity contribution in [2.75, 3.05) is 5.75 Å². The topological polar surface area (TPSA) is 63.6 Å². The lowest BCUT2D eigenvalue weighted by molar-refractivity contribution is 0.102. The summed E-state index contributed by atoms with van der Waals surface area (Å²) in [6.07, 6.45) is 4.17. The van der Waals surface area contributed by atoms with E-state index in [9.17, 15) is 4.79 Å². The number of nitrogens with zero attached hydrogens (tertiary/aromatic N) is 3. The minimum Gasteiger partial charge on any atom is -0.360 e. The maximum atomic E-state index is 12.5. The molecule has 0 aliphatic heterocycles. The van der Waals surface area contributed by atoms with Gasteiger partial charge in [0.05, 0.1) is 10.1 Å². The summed E-state index contributed by atoms with van der Waals surface area (Å²) < 4.78 is 3.11. The third-order valence-electron chi connectivity index (χ3n) is 4.70. The normalized spacial score (nSPS) is 14.1. The summed E-state index contributed by atoms with van der Waals surface area (Å²) in [6.45, 7) is 0. The maximum Gasteiger partial charge on any atom is 0.192 e. The van der Waals surface area contributed by atoms with Gasteiger partial charge < -0.3 is 4.98 Å². The smallest absolute Gasteiger partial charge is 0.192 e. The molecule has 0 radical (unpaired) electrons. The number of ketones is 1. The molecule has 0 bridgehead atoms. The fourth-order valence-electron chi connectivity index (χ4n) is 3.22. The number of Topliss-reactive ketones (excluding diaryl/α,β-unsaturated/α-hetero) is 1. The molecule has 3 aromatic heterocycles. The monoisotopic (exact) mass is 448 g/mol. The van der Waals surface area contributed by atoms with Gasteiger partial charge in [0.25, 0.3) is 0 Å². The second kappa shape index (κ2) is 7.22. The van der Waals surface area contributed by atoms with E-state index in [1.54, 1.807) is 6.07 Å². The second-order valence-corrected chi connectivity index (χ2v) is 9.83. The fourth-order valence-corrected chi connectivity index (χ4v) is 5.60. The molecule has 1 N–H and O–H groups in total. The molecule has 1 fully saturated rings. The first kappa shape index (κ1) is 18.2. The van der Waals surface area contributed by atoms with Crippen LogP contribution in [0.2, 0.25) is 8.67 Å². The largest absolute Gasteiger partial charge is 0.360 e. The number of nitrogens with one attached hydrogen (secondary N) is 1. The molecule has 3 heterocycles. The summed E-state index contributed by atoms with van der Waals surface area (Å²) in [7, 11) is 0. The van der Waals surface area contributed by atoms with Crippen molar-refractivity contribution < 1.29 is 4.79 Å². The van der Waals surface area contributed by atoms with E-state index >= 15 is 0 Å². The Balaban J connectivity index is 1.45. The van der Waals surface area contributed by atoms with Crippen LogP contribution in [0.1, 0.15) is 29.2 Å². The molecule has 0 saturated heterocycles. The fraction of sp³-hybridized carbons (Fsp3) is 0.211.